The van der Waals surface area contributed by atoms with Gasteiger partial charge in [0.25, 0.3) is 0 Å². The number of benzene rings is 2. The molecule has 1 nitrogen and oxygen atoms in total. The molecule has 1 heteroatoms. The van der Waals surface area contributed by atoms with Crippen LogP contribution in [-0.4, -0.2) is 6.54 Å². The zero-order valence-corrected chi connectivity index (χ0v) is 10.8. The lowest BCUT2D eigenvalue weighted by Gasteiger charge is -2.08. The fraction of sp³-hybridized carbons (Fsp3) is 0.294. The van der Waals surface area contributed by atoms with Crippen molar-refractivity contribution in [3.63, 3.8) is 0 Å². The highest BCUT2D eigenvalue weighted by Crippen LogP contribution is 2.47. The van der Waals surface area contributed by atoms with Crippen LogP contribution in [0.1, 0.15) is 23.5 Å². The first kappa shape index (κ1) is 11.5. The molecule has 0 heterocycles. The zero-order valence-electron chi connectivity index (χ0n) is 10.8. The van der Waals surface area contributed by atoms with Crippen LogP contribution in [0.3, 0.4) is 0 Å². The van der Waals surface area contributed by atoms with Crippen LogP contribution in [0, 0.1) is 12.8 Å². The molecule has 3 rings (SSSR count). The Balaban J connectivity index is 1.95. The first-order valence-corrected chi connectivity index (χ1v) is 6.65. The normalized spacial score (nSPS) is 21.9. The first-order chi connectivity index (χ1) is 8.79. The SMILES string of the molecule is Cc1ccccc1-c1cccc(C2CC2CN)c1. The lowest BCUT2D eigenvalue weighted by molar-refractivity contribution is 0.810. The molecule has 1 fully saturated rings. The Morgan fingerprint density at radius 1 is 1.11 bits per heavy atom. The molecule has 1 aliphatic rings. The van der Waals surface area contributed by atoms with Crippen molar-refractivity contribution in [2.45, 2.75) is 19.3 Å². The summed E-state index contributed by atoms with van der Waals surface area (Å²) in [6, 6.07) is 17.5. The van der Waals surface area contributed by atoms with Crippen LogP contribution >= 0.6 is 0 Å². The fourth-order valence-corrected chi connectivity index (χ4v) is 2.75. The van der Waals surface area contributed by atoms with Gasteiger partial charge in [-0.2, -0.15) is 0 Å². The molecule has 2 atom stereocenters. The largest absolute Gasteiger partial charge is 0.330 e. The van der Waals surface area contributed by atoms with Gasteiger partial charge in [-0.05, 0) is 54.0 Å². The third-order valence-corrected chi connectivity index (χ3v) is 4.00. The monoisotopic (exact) mass is 237 g/mol. The Hall–Kier alpha value is -1.60. The lowest BCUT2D eigenvalue weighted by Crippen LogP contribution is -2.01. The summed E-state index contributed by atoms with van der Waals surface area (Å²) >= 11 is 0. The van der Waals surface area contributed by atoms with Gasteiger partial charge in [-0.3, -0.25) is 0 Å². The summed E-state index contributed by atoms with van der Waals surface area (Å²) < 4.78 is 0. The summed E-state index contributed by atoms with van der Waals surface area (Å²) in [5.41, 5.74) is 11.2. The van der Waals surface area contributed by atoms with Crippen LogP contribution in [0.4, 0.5) is 0 Å². The van der Waals surface area contributed by atoms with Gasteiger partial charge in [0.05, 0.1) is 0 Å². The summed E-state index contributed by atoms with van der Waals surface area (Å²) in [5.74, 6) is 1.40. The van der Waals surface area contributed by atoms with Gasteiger partial charge in [0, 0.05) is 0 Å². The highest BCUT2D eigenvalue weighted by atomic mass is 14.6. The molecule has 0 aromatic heterocycles. The van der Waals surface area contributed by atoms with Crippen molar-refractivity contribution in [1.82, 2.24) is 0 Å². The molecule has 0 saturated heterocycles. The van der Waals surface area contributed by atoms with Gasteiger partial charge >= 0.3 is 0 Å². The minimum atomic E-state index is 0.693. The summed E-state index contributed by atoms with van der Waals surface area (Å²) in [5, 5.41) is 0. The fourth-order valence-electron chi connectivity index (χ4n) is 2.75. The number of nitrogens with two attached hydrogens (primary N) is 1. The second-order valence-corrected chi connectivity index (χ2v) is 5.28. The smallest absolute Gasteiger partial charge is 0.00428 e. The number of hydrogen-bond acceptors (Lipinski definition) is 1. The molecule has 2 unspecified atom stereocenters. The van der Waals surface area contributed by atoms with Crippen LogP contribution < -0.4 is 5.73 Å². The maximum absolute atomic E-state index is 5.73. The molecule has 2 aromatic rings. The second-order valence-electron chi connectivity index (χ2n) is 5.28. The molecule has 2 aromatic carbocycles. The van der Waals surface area contributed by atoms with Crippen LogP contribution in [0.15, 0.2) is 48.5 Å². The van der Waals surface area contributed by atoms with E-state index in [1.54, 1.807) is 0 Å². The van der Waals surface area contributed by atoms with Crippen molar-refractivity contribution in [1.29, 1.82) is 0 Å². The van der Waals surface area contributed by atoms with E-state index < -0.39 is 0 Å². The molecule has 2 N–H and O–H groups in total. The molecule has 0 bridgehead atoms. The molecule has 1 aliphatic carbocycles. The van der Waals surface area contributed by atoms with Crippen LogP contribution in [0.25, 0.3) is 11.1 Å². The van der Waals surface area contributed by atoms with Crippen molar-refractivity contribution in [2.24, 2.45) is 11.7 Å². The Bertz CT molecular complexity index is 559. The van der Waals surface area contributed by atoms with Gasteiger partial charge in [0.1, 0.15) is 0 Å². The number of rotatable bonds is 3. The van der Waals surface area contributed by atoms with Crippen LogP contribution in [0.5, 0.6) is 0 Å². The average molecular weight is 237 g/mol. The third kappa shape index (κ3) is 2.06. The molecule has 0 radical (unpaired) electrons. The Morgan fingerprint density at radius 2 is 1.94 bits per heavy atom. The van der Waals surface area contributed by atoms with Crippen molar-refractivity contribution < 1.29 is 0 Å². The predicted molar refractivity (Wildman–Crippen MR) is 76.5 cm³/mol. The van der Waals surface area contributed by atoms with Crippen LogP contribution in [0.2, 0.25) is 0 Å². The van der Waals surface area contributed by atoms with E-state index in [9.17, 15) is 0 Å². The molecule has 18 heavy (non-hydrogen) atoms. The van der Waals surface area contributed by atoms with Crippen molar-refractivity contribution >= 4 is 0 Å². The Kier molecular flexibility index (Phi) is 2.92. The molecule has 0 amide bonds. The zero-order chi connectivity index (χ0) is 12.5. The van der Waals surface area contributed by atoms with Gasteiger partial charge in [0.2, 0.25) is 0 Å². The summed E-state index contributed by atoms with van der Waals surface area (Å²) in [4.78, 5) is 0. The second kappa shape index (κ2) is 4.58. The van der Waals surface area contributed by atoms with Crippen molar-refractivity contribution in [3.05, 3.63) is 59.7 Å². The number of hydrogen-bond donors (Lipinski definition) is 1. The van der Waals surface area contributed by atoms with E-state index in [4.69, 9.17) is 5.73 Å². The Labute approximate surface area is 109 Å². The average Bonchev–Trinajstić information content (AvgIpc) is 3.19. The van der Waals surface area contributed by atoms with Gasteiger partial charge in [0.15, 0.2) is 0 Å². The van der Waals surface area contributed by atoms with E-state index in [0.717, 1.165) is 6.54 Å². The van der Waals surface area contributed by atoms with E-state index in [2.05, 4.69) is 55.5 Å². The van der Waals surface area contributed by atoms with Crippen molar-refractivity contribution in [3.8, 4) is 11.1 Å². The van der Waals surface area contributed by atoms with Crippen LogP contribution in [-0.2, 0) is 0 Å². The van der Waals surface area contributed by atoms with Crippen molar-refractivity contribution in [2.75, 3.05) is 6.54 Å². The van der Waals surface area contributed by atoms with Gasteiger partial charge < -0.3 is 5.73 Å². The third-order valence-electron chi connectivity index (χ3n) is 4.00. The van der Waals surface area contributed by atoms with E-state index in [1.165, 1.54) is 28.7 Å². The quantitative estimate of drug-likeness (QED) is 0.865. The van der Waals surface area contributed by atoms with Gasteiger partial charge in [-0.15, -0.1) is 0 Å². The van der Waals surface area contributed by atoms with E-state index in [1.807, 2.05) is 0 Å². The predicted octanol–water partition coefficient (Wildman–Crippen LogP) is 3.72. The topological polar surface area (TPSA) is 26.0 Å². The highest BCUT2D eigenvalue weighted by molar-refractivity contribution is 5.68. The van der Waals surface area contributed by atoms with E-state index in [0.29, 0.717) is 11.8 Å². The summed E-state index contributed by atoms with van der Waals surface area (Å²) in [6.45, 7) is 2.99. The lowest BCUT2D eigenvalue weighted by atomic mass is 9.97. The molecule has 92 valence electrons. The van der Waals surface area contributed by atoms with Gasteiger partial charge in [-0.1, -0.05) is 48.5 Å². The first-order valence-electron chi connectivity index (χ1n) is 6.65. The maximum Gasteiger partial charge on any atom is -0.00428 e. The highest BCUT2D eigenvalue weighted by Gasteiger charge is 2.36. The number of aryl methyl sites for hydroxylation is 1. The maximum atomic E-state index is 5.73. The molecule has 0 aliphatic heterocycles. The minimum absolute atomic E-state index is 0.693. The Morgan fingerprint density at radius 3 is 2.67 bits per heavy atom. The molecule has 1 saturated carbocycles. The minimum Gasteiger partial charge on any atom is -0.330 e. The molecular weight excluding hydrogens is 218 g/mol. The molecular formula is C17H19N. The van der Waals surface area contributed by atoms with E-state index >= 15 is 0 Å². The standard InChI is InChI=1S/C17H19N/c1-12-5-2-3-8-16(12)13-6-4-7-14(9-13)17-10-15(17)11-18/h2-9,15,17H,10-11,18H2,1H3. The van der Waals surface area contributed by atoms with Gasteiger partial charge in [-0.25, -0.2) is 0 Å². The molecule has 0 spiro atoms. The summed E-state index contributed by atoms with van der Waals surface area (Å²) in [7, 11) is 0. The summed E-state index contributed by atoms with van der Waals surface area (Å²) in [6.07, 6.45) is 1.26. The van der Waals surface area contributed by atoms with E-state index in [-0.39, 0.29) is 0 Å².